The lowest BCUT2D eigenvalue weighted by molar-refractivity contribution is -0.121. The van der Waals surface area contributed by atoms with Crippen LogP contribution in [0.4, 0.5) is 0 Å². The molecule has 3 aromatic rings. The van der Waals surface area contributed by atoms with E-state index in [4.69, 9.17) is 27.9 Å². The first-order chi connectivity index (χ1) is 16.8. The fourth-order valence-corrected chi connectivity index (χ4v) is 4.76. The molecule has 1 N–H and O–H groups in total. The van der Waals surface area contributed by atoms with E-state index in [-0.39, 0.29) is 11.4 Å². The number of halogens is 2. The van der Waals surface area contributed by atoms with Crippen LogP contribution in [0.5, 0.6) is 5.75 Å². The normalized spacial score (nSPS) is 11.5. The molecule has 0 spiro atoms. The Kier molecular flexibility index (Phi) is 9.45. The van der Waals surface area contributed by atoms with Gasteiger partial charge < -0.3 is 4.74 Å². The van der Waals surface area contributed by atoms with Gasteiger partial charge in [0.05, 0.1) is 17.7 Å². The molecule has 0 aliphatic heterocycles. The van der Waals surface area contributed by atoms with Crippen LogP contribution in [0.25, 0.3) is 0 Å². The molecule has 0 aromatic heterocycles. The quantitative estimate of drug-likeness (QED) is 0.216. The molecule has 3 aromatic carbocycles. The van der Waals surface area contributed by atoms with Crippen molar-refractivity contribution in [2.24, 2.45) is 5.10 Å². The first-order valence-corrected chi connectivity index (χ1v) is 12.6. The van der Waals surface area contributed by atoms with Gasteiger partial charge >= 0.3 is 0 Å². The molecule has 0 aliphatic carbocycles. The Bertz CT molecular complexity index is 1310. The molecule has 35 heavy (non-hydrogen) atoms. The molecule has 0 bridgehead atoms. The molecule has 0 aliphatic rings. The number of nitrogens with zero attached hydrogens (tertiary/aromatic N) is 2. The number of hydrazone groups is 1. The van der Waals surface area contributed by atoms with Crippen molar-refractivity contribution < 1.29 is 17.9 Å². The largest absolute Gasteiger partial charge is 0.490 e. The van der Waals surface area contributed by atoms with E-state index in [1.54, 1.807) is 54.6 Å². The predicted octanol–water partition coefficient (Wildman–Crippen LogP) is 4.90. The van der Waals surface area contributed by atoms with Crippen molar-refractivity contribution >= 4 is 45.3 Å². The van der Waals surface area contributed by atoms with Crippen molar-refractivity contribution in [3.63, 3.8) is 0 Å². The minimum atomic E-state index is -4.02. The highest BCUT2D eigenvalue weighted by atomic mass is 35.5. The van der Waals surface area contributed by atoms with Crippen LogP contribution in [-0.2, 0) is 21.4 Å². The lowest BCUT2D eigenvalue weighted by atomic mass is 10.2. The van der Waals surface area contributed by atoms with Gasteiger partial charge in [0.25, 0.3) is 5.91 Å². The van der Waals surface area contributed by atoms with E-state index in [1.165, 1.54) is 30.5 Å². The topological polar surface area (TPSA) is 88.1 Å². The lowest BCUT2D eigenvalue weighted by Crippen LogP contribution is -2.39. The summed E-state index contributed by atoms with van der Waals surface area (Å²) in [5, 5.41) is 4.80. The molecule has 0 heterocycles. The highest BCUT2D eigenvalue weighted by Crippen LogP contribution is 2.21. The Hall–Kier alpha value is -3.17. The molecule has 0 unspecified atom stereocenters. The maximum atomic E-state index is 13.3. The first-order valence-electron chi connectivity index (χ1n) is 10.4. The highest BCUT2D eigenvalue weighted by molar-refractivity contribution is 7.89. The molecule has 0 saturated carbocycles. The number of nitrogens with one attached hydrogen (secondary N) is 1. The molecule has 0 atom stereocenters. The highest BCUT2D eigenvalue weighted by Gasteiger charge is 2.27. The number of carbonyl (C=O) groups excluding carboxylic acids is 1. The van der Waals surface area contributed by atoms with Crippen LogP contribution in [0, 0.1) is 0 Å². The summed E-state index contributed by atoms with van der Waals surface area (Å²) in [6.07, 6.45) is 3.07. The first kappa shape index (κ1) is 26.4. The van der Waals surface area contributed by atoms with Crippen LogP contribution < -0.4 is 10.2 Å². The van der Waals surface area contributed by atoms with Gasteiger partial charge in [0.15, 0.2) is 0 Å². The van der Waals surface area contributed by atoms with Gasteiger partial charge in [-0.3, -0.25) is 4.79 Å². The fraction of sp³-hybridized carbons (Fsp3) is 0.120. The van der Waals surface area contributed by atoms with E-state index in [1.807, 2.05) is 0 Å². The molecule has 3 rings (SSSR count). The van der Waals surface area contributed by atoms with Crippen LogP contribution in [0.2, 0.25) is 10.0 Å². The lowest BCUT2D eigenvalue weighted by Gasteiger charge is -2.21. The summed E-state index contributed by atoms with van der Waals surface area (Å²) >= 11 is 12.0. The SMILES string of the molecule is C=CCOc1cccc(/C=N\NC(=O)CN(Cc2cccc(Cl)c2)S(=O)(=O)c2ccc(Cl)cc2)c1. The number of carbonyl (C=O) groups is 1. The Balaban J connectivity index is 1.75. The zero-order chi connectivity index (χ0) is 25.3. The molecule has 0 radical (unpaired) electrons. The van der Waals surface area contributed by atoms with Gasteiger partial charge in [0, 0.05) is 16.6 Å². The van der Waals surface area contributed by atoms with E-state index in [0.717, 1.165) is 4.31 Å². The second kappa shape index (κ2) is 12.5. The zero-order valence-corrected chi connectivity index (χ0v) is 20.9. The standard InChI is InChI=1S/C25H23Cl2N3O4S/c1-2-13-34-23-8-4-5-19(15-23)16-28-29-25(31)18-30(17-20-6-3-7-22(27)14-20)35(32,33)24-11-9-21(26)10-12-24/h2-12,14-16H,1,13,17-18H2,(H,29,31)/b28-16-. The van der Waals surface area contributed by atoms with E-state index in [2.05, 4.69) is 17.1 Å². The predicted molar refractivity (Wildman–Crippen MR) is 138 cm³/mol. The summed E-state index contributed by atoms with van der Waals surface area (Å²) in [6, 6.07) is 19.6. The van der Waals surface area contributed by atoms with E-state index in [0.29, 0.717) is 33.5 Å². The smallest absolute Gasteiger partial charge is 0.255 e. The van der Waals surface area contributed by atoms with Crippen LogP contribution in [0.3, 0.4) is 0 Å². The van der Waals surface area contributed by atoms with Gasteiger partial charge in [-0.25, -0.2) is 13.8 Å². The molecule has 182 valence electrons. The summed E-state index contributed by atoms with van der Waals surface area (Å²) in [5.74, 6) is 0.0156. The Morgan fingerprint density at radius 1 is 1.03 bits per heavy atom. The number of hydrogen-bond donors (Lipinski definition) is 1. The Labute approximate surface area is 214 Å². The second-order valence-corrected chi connectivity index (χ2v) is 10.1. The van der Waals surface area contributed by atoms with Gasteiger partial charge in [-0.15, -0.1) is 0 Å². The van der Waals surface area contributed by atoms with E-state index >= 15 is 0 Å². The molecular formula is C25H23Cl2N3O4S. The van der Waals surface area contributed by atoms with Crippen LogP contribution in [0.1, 0.15) is 11.1 Å². The summed E-state index contributed by atoms with van der Waals surface area (Å²) in [4.78, 5) is 12.6. The number of hydrogen-bond acceptors (Lipinski definition) is 5. The summed E-state index contributed by atoms with van der Waals surface area (Å²) in [7, 11) is -4.02. The van der Waals surface area contributed by atoms with Gasteiger partial charge in [0.2, 0.25) is 10.0 Å². The molecular weight excluding hydrogens is 509 g/mol. The average molecular weight is 532 g/mol. The number of benzene rings is 3. The number of amides is 1. The maximum absolute atomic E-state index is 13.3. The van der Waals surface area contributed by atoms with Gasteiger partial charge in [-0.2, -0.15) is 9.41 Å². The van der Waals surface area contributed by atoms with Crippen LogP contribution in [-0.4, -0.2) is 38.0 Å². The fourth-order valence-electron chi connectivity index (χ4n) is 3.03. The average Bonchev–Trinajstić information content (AvgIpc) is 2.83. The van der Waals surface area contributed by atoms with Crippen molar-refractivity contribution in [2.75, 3.05) is 13.2 Å². The third-order valence-electron chi connectivity index (χ3n) is 4.65. The summed E-state index contributed by atoms with van der Waals surface area (Å²) < 4.78 is 33.1. The molecule has 1 amide bonds. The van der Waals surface area contributed by atoms with Crippen molar-refractivity contribution in [2.45, 2.75) is 11.4 Å². The van der Waals surface area contributed by atoms with Gasteiger partial charge in [0.1, 0.15) is 12.4 Å². The minimum absolute atomic E-state index is 0.0107. The van der Waals surface area contributed by atoms with Gasteiger partial charge in [-0.05, 0) is 59.7 Å². The van der Waals surface area contributed by atoms with Crippen molar-refractivity contribution in [3.8, 4) is 5.75 Å². The van der Waals surface area contributed by atoms with E-state index in [9.17, 15) is 13.2 Å². The third kappa shape index (κ3) is 7.93. The zero-order valence-electron chi connectivity index (χ0n) is 18.6. The second-order valence-electron chi connectivity index (χ2n) is 7.32. The molecule has 0 fully saturated rings. The Morgan fingerprint density at radius 2 is 1.77 bits per heavy atom. The van der Waals surface area contributed by atoms with Crippen molar-refractivity contribution in [1.82, 2.24) is 9.73 Å². The molecule has 7 nitrogen and oxygen atoms in total. The summed E-state index contributed by atoms with van der Waals surface area (Å²) in [5.41, 5.74) is 3.69. The monoisotopic (exact) mass is 531 g/mol. The molecule has 10 heteroatoms. The summed E-state index contributed by atoms with van der Waals surface area (Å²) in [6.45, 7) is 3.44. The van der Waals surface area contributed by atoms with E-state index < -0.39 is 22.5 Å². The van der Waals surface area contributed by atoms with Crippen molar-refractivity contribution in [3.05, 3.63) is 107 Å². The van der Waals surface area contributed by atoms with Gasteiger partial charge in [-0.1, -0.05) is 60.1 Å². The molecule has 0 saturated heterocycles. The third-order valence-corrected chi connectivity index (χ3v) is 6.94. The van der Waals surface area contributed by atoms with Crippen LogP contribution >= 0.6 is 23.2 Å². The number of rotatable bonds is 11. The Morgan fingerprint density at radius 3 is 2.49 bits per heavy atom. The minimum Gasteiger partial charge on any atom is -0.490 e. The maximum Gasteiger partial charge on any atom is 0.255 e. The van der Waals surface area contributed by atoms with Crippen LogP contribution in [0.15, 0.2) is 95.4 Å². The number of ether oxygens (including phenoxy) is 1. The number of sulfonamides is 1. The van der Waals surface area contributed by atoms with Crippen molar-refractivity contribution in [1.29, 1.82) is 0 Å².